The van der Waals surface area contributed by atoms with Gasteiger partial charge in [-0.3, -0.25) is 0 Å². The summed E-state index contributed by atoms with van der Waals surface area (Å²) < 4.78 is 93.7. The Labute approximate surface area is 378 Å². The topological polar surface area (TPSA) is 420 Å². The molecule has 3 fully saturated rings. The van der Waals surface area contributed by atoms with Crippen LogP contribution in [0.2, 0.25) is 0 Å². The van der Waals surface area contributed by atoms with Gasteiger partial charge in [0.15, 0.2) is 0 Å². The van der Waals surface area contributed by atoms with Gasteiger partial charge < -0.3 is 0 Å². The molecule has 0 spiro atoms. The molecule has 0 aromatic heterocycles. The van der Waals surface area contributed by atoms with Crippen LogP contribution in [0.15, 0.2) is 72.8 Å². The van der Waals surface area contributed by atoms with Gasteiger partial charge in [-0.2, -0.15) is 0 Å². The molecule has 3 aromatic rings. The van der Waals surface area contributed by atoms with Crippen LogP contribution in [0.5, 0.6) is 0 Å². The molecule has 3 aromatic carbocycles. The molecule has 0 radical (unpaired) electrons. The summed E-state index contributed by atoms with van der Waals surface area (Å²) in [7, 11) is 0. The van der Waals surface area contributed by atoms with Crippen molar-refractivity contribution in [1.82, 2.24) is 0 Å². The van der Waals surface area contributed by atoms with E-state index in [-0.39, 0.29) is 17.1 Å². The van der Waals surface area contributed by atoms with Crippen LogP contribution in [-0.4, -0.2) is 235 Å². The van der Waals surface area contributed by atoms with Crippen LogP contribution < -0.4 is 29.9 Å². The maximum atomic E-state index is 14.8. The van der Waals surface area contributed by atoms with E-state index in [0.717, 1.165) is 36.4 Å². The normalized spacial score (nSPS) is 36.2. The molecule has 3 heterocycles. The third kappa shape index (κ3) is 11.4. The van der Waals surface area contributed by atoms with E-state index in [1.165, 1.54) is 36.4 Å². The minimum atomic E-state index is -6.73. The molecule has 356 valence electrons. The van der Waals surface area contributed by atoms with Crippen molar-refractivity contribution in [2.24, 2.45) is 0 Å². The van der Waals surface area contributed by atoms with Crippen molar-refractivity contribution in [2.75, 3.05) is 35.8 Å². The van der Waals surface area contributed by atoms with Gasteiger partial charge in [0, 0.05) is 0 Å². The number of nitrogens with one attached hydrogen (secondary N) is 3. The number of benzene rings is 3. The summed E-state index contributed by atoms with van der Waals surface area (Å²) >= 11 is -19.9. The van der Waals surface area contributed by atoms with Crippen molar-refractivity contribution < 1.29 is 93.9 Å². The van der Waals surface area contributed by atoms with E-state index < -0.39 is 181 Å². The summed E-state index contributed by atoms with van der Waals surface area (Å²) in [4.78, 5) is 0. The van der Waals surface area contributed by atoms with Crippen LogP contribution in [-0.2, 0) is 25.9 Å². The predicted molar refractivity (Wildman–Crippen MR) is 214 cm³/mol. The predicted octanol–water partition coefficient (Wildman–Crippen LogP) is -9.16. The zero-order valence-electron chi connectivity index (χ0n) is 33.0. The third-order valence-electron chi connectivity index (χ3n) is 10.6. The molecule has 16 N–H and O–H groups in total. The van der Waals surface area contributed by atoms with E-state index >= 15 is 0 Å². The van der Waals surface area contributed by atoms with E-state index in [9.17, 15) is 77.1 Å². The summed E-state index contributed by atoms with van der Waals surface area (Å²) in [5.41, 5.74) is 0.321. The summed E-state index contributed by atoms with van der Waals surface area (Å²) in [5.74, 6) is 0. The summed E-state index contributed by atoms with van der Waals surface area (Å²) in [6, 6.07) is 13.4. The second kappa shape index (κ2) is 21.2. The Morgan fingerprint density at radius 3 is 1.06 bits per heavy atom. The van der Waals surface area contributed by atoms with E-state index in [4.69, 9.17) is 16.8 Å². The first-order valence-corrected chi connectivity index (χ1v) is 32.6. The first kappa shape index (κ1) is 51.5. The molecule has 3 unspecified atom stereocenters. The SMILES string of the molecule is [O]=[Sb]([O-])([O][Sb](=[O])([O][Sb](=[O])([OH])[c]1ccc(N[C@@H]2O[C@H](CO)[C@@H](O)[C@H](O)[C@H]2O)cc1)[c]1ccc(N[C@@H]2O[C@H](CO)[C@@H](O)[C@H](O)[C@H]2O)cc1)[c]1ccc(N[C@@H]2O[C@H](CO)[C@@H](O)[C@H](O)[C@H]2O)cc1. The van der Waals surface area contributed by atoms with Gasteiger partial charge in [-0.15, -0.1) is 0 Å². The average molecular weight is 1240 g/mol. The van der Waals surface area contributed by atoms with Crippen molar-refractivity contribution in [3.63, 3.8) is 0 Å². The molecule has 6 rings (SSSR count). The van der Waals surface area contributed by atoms with Crippen LogP contribution in [0.25, 0.3) is 0 Å². The van der Waals surface area contributed by atoms with Gasteiger partial charge in [0.25, 0.3) is 0 Å². The number of hydrogen-bond donors (Lipinski definition) is 16. The zero-order chi connectivity index (χ0) is 46.9. The molecular weight excluding hydrogens is 1190 g/mol. The second-order valence-corrected chi connectivity index (χ2v) is 35.3. The molecule has 3 aliphatic heterocycles. The maximum absolute atomic E-state index is 14.8. The number of hydrogen-bond acceptors (Lipinski definition) is 24. The fourth-order valence-electron chi connectivity index (χ4n) is 6.87. The van der Waals surface area contributed by atoms with E-state index in [1.807, 2.05) is 0 Å². The Hall–Kier alpha value is -1.85. The van der Waals surface area contributed by atoms with Crippen LogP contribution in [0.3, 0.4) is 0 Å². The number of rotatable bonds is 16. The Kier molecular flexibility index (Phi) is 17.1. The van der Waals surface area contributed by atoms with Crippen LogP contribution in [0, 0.1) is 0 Å². The molecule has 18 atom stereocenters. The van der Waals surface area contributed by atoms with Gasteiger partial charge in [-0.1, -0.05) is 0 Å². The Morgan fingerprint density at radius 1 is 0.453 bits per heavy atom. The van der Waals surface area contributed by atoms with Gasteiger partial charge in [0.1, 0.15) is 0 Å². The Bertz CT molecular complexity index is 2050. The fraction of sp³-hybridized carbons (Fsp3) is 0.500. The molecule has 25 nitrogen and oxygen atoms in total. The molecule has 0 bridgehead atoms. The summed E-state index contributed by atoms with van der Waals surface area (Å²) in [6.07, 6.45) is -23.1. The molecular formula is C36H49N3O22Sb3-. The van der Waals surface area contributed by atoms with Gasteiger partial charge >= 0.3 is 381 Å². The van der Waals surface area contributed by atoms with Crippen molar-refractivity contribution in [1.29, 1.82) is 0 Å². The molecule has 64 heavy (non-hydrogen) atoms. The third-order valence-corrected chi connectivity index (χ3v) is 37.7. The molecule has 3 saturated heterocycles. The zero-order valence-corrected chi connectivity index (χ0v) is 40.7. The van der Waals surface area contributed by atoms with Gasteiger partial charge in [0.05, 0.1) is 0 Å². The Balaban J connectivity index is 1.25. The van der Waals surface area contributed by atoms with Gasteiger partial charge in [-0.25, -0.2) is 0 Å². The van der Waals surface area contributed by atoms with Crippen molar-refractivity contribution >= 4 is 86.5 Å². The van der Waals surface area contributed by atoms with Crippen molar-refractivity contribution in [3.8, 4) is 0 Å². The molecule has 0 amide bonds. The standard InChI is InChI=1S/3C12H16NO5.H2O.6O.3Sb/c3*14-6-8-9(15)10(16)11(17)12(18-8)13-7-4-2-1-3-5-7;;;;;;;;;;/h3*2-5,8-17H,6H2;1H2;;;;;;;;;/q;;;;;;;;;-1;;;+1/p-1/t3*8-,9-,10+,11-,12-;;;;;;;;;;/m111........../s1. The quantitative estimate of drug-likeness (QED) is 0.0592. The number of ether oxygens (including phenoxy) is 3. The van der Waals surface area contributed by atoms with Crippen LogP contribution >= 0.6 is 0 Å². The first-order valence-electron chi connectivity index (χ1n) is 19.3. The second-order valence-electron chi connectivity index (χ2n) is 15.0. The number of anilines is 3. The van der Waals surface area contributed by atoms with E-state index in [2.05, 4.69) is 16.0 Å². The summed E-state index contributed by atoms with van der Waals surface area (Å²) in [5, 5.41) is 129. The number of aliphatic hydroxyl groups excluding tert-OH is 12. The van der Waals surface area contributed by atoms with Gasteiger partial charge in [0.2, 0.25) is 0 Å². The molecule has 3 aliphatic rings. The van der Waals surface area contributed by atoms with Crippen molar-refractivity contribution in [2.45, 2.75) is 91.9 Å². The van der Waals surface area contributed by atoms with Crippen molar-refractivity contribution in [3.05, 3.63) is 72.8 Å². The Morgan fingerprint density at radius 2 is 0.750 bits per heavy atom. The monoisotopic (exact) mass is 1240 g/mol. The van der Waals surface area contributed by atoms with Gasteiger partial charge in [-0.05, 0) is 0 Å². The summed E-state index contributed by atoms with van der Waals surface area (Å²) in [6.45, 7) is -2.13. The first-order chi connectivity index (χ1) is 30.1. The van der Waals surface area contributed by atoms with Crippen LogP contribution in [0.4, 0.5) is 17.1 Å². The van der Waals surface area contributed by atoms with E-state index in [1.54, 1.807) is 0 Å². The number of aliphatic hydroxyl groups is 12. The molecule has 0 aliphatic carbocycles. The average Bonchev–Trinajstić information content (AvgIpc) is 3.27. The fourth-order valence-corrected chi connectivity index (χ4v) is 36.7. The molecule has 28 heteroatoms. The molecule has 0 saturated carbocycles. The van der Waals surface area contributed by atoms with E-state index in [0.29, 0.717) is 0 Å². The van der Waals surface area contributed by atoms with Crippen LogP contribution in [0.1, 0.15) is 0 Å². The minimum absolute atomic E-state index is 0.0862.